The van der Waals surface area contributed by atoms with Gasteiger partial charge in [-0.05, 0) is 90.8 Å². The largest absolute Gasteiger partial charge is 0.454 e. The van der Waals surface area contributed by atoms with Crippen LogP contribution in [0, 0.1) is 12.8 Å². The summed E-state index contributed by atoms with van der Waals surface area (Å²) >= 11 is 0. The third-order valence-corrected chi connectivity index (χ3v) is 7.37. The zero-order valence-electron chi connectivity index (χ0n) is 22.0. The van der Waals surface area contributed by atoms with Gasteiger partial charge in [0.1, 0.15) is 0 Å². The number of ether oxygens (including phenoxy) is 2. The SMILES string of the molecule is Cc1ccc(NC(=O)C2(c3ccc4c(c3)OCO4)CC2)cc1-c1ccc(C(=O)N[C@H](CO)CC(C)C)cc1.[HH].[HH]. The molecule has 1 heterocycles. The van der Waals surface area contributed by atoms with Gasteiger partial charge in [-0.2, -0.15) is 0 Å². The number of carbonyl (C=O) groups is 2. The second-order valence-corrected chi connectivity index (χ2v) is 10.7. The molecule has 0 saturated heterocycles. The highest BCUT2D eigenvalue weighted by molar-refractivity contribution is 6.02. The number of anilines is 1. The van der Waals surface area contributed by atoms with Crippen molar-refractivity contribution < 1.29 is 27.0 Å². The van der Waals surface area contributed by atoms with Crippen LogP contribution in [0.2, 0.25) is 0 Å². The predicted octanol–water partition coefficient (Wildman–Crippen LogP) is 5.69. The van der Waals surface area contributed by atoms with Crippen LogP contribution in [-0.2, 0) is 10.2 Å². The normalized spacial score (nSPS) is 15.7. The molecular formula is C31H38N2O5. The number of amides is 2. The van der Waals surface area contributed by atoms with E-state index in [4.69, 9.17) is 9.47 Å². The molecule has 1 aliphatic carbocycles. The molecule has 1 saturated carbocycles. The highest BCUT2D eigenvalue weighted by Gasteiger charge is 2.51. The van der Waals surface area contributed by atoms with Gasteiger partial charge in [-0.1, -0.05) is 38.1 Å². The minimum Gasteiger partial charge on any atom is -0.454 e. The Morgan fingerprint density at radius 3 is 2.42 bits per heavy atom. The summed E-state index contributed by atoms with van der Waals surface area (Å²) in [7, 11) is 0. The molecule has 1 aliphatic heterocycles. The number of fused-ring (bicyclic) bond motifs is 1. The highest BCUT2D eigenvalue weighted by Crippen LogP contribution is 2.51. The van der Waals surface area contributed by atoms with Crippen molar-refractivity contribution in [2.45, 2.75) is 51.5 Å². The van der Waals surface area contributed by atoms with Crippen LogP contribution in [0.3, 0.4) is 0 Å². The number of hydrogen-bond donors (Lipinski definition) is 3. The molecule has 3 N–H and O–H groups in total. The Morgan fingerprint density at radius 1 is 1.00 bits per heavy atom. The minimum absolute atomic E-state index is 0. The lowest BCUT2D eigenvalue weighted by Gasteiger charge is -2.18. The lowest BCUT2D eigenvalue weighted by atomic mass is 9.94. The topological polar surface area (TPSA) is 96.9 Å². The van der Waals surface area contributed by atoms with Gasteiger partial charge in [0.2, 0.25) is 12.7 Å². The Labute approximate surface area is 226 Å². The summed E-state index contributed by atoms with van der Waals surface area (Å²) in [6, 6.07) is 18.7. The van der Waals surface area contributed by atoms with E-state index in [2.05, 4.69) is 24.5 Å². The third kappa shape index (κ3) is 5.24. The van der Waals surface area contributed by atoms with Gasteiger partial charge in [0.05, 0.1) is 18.1 Å². The molecule has 3 aromatic carbocycles. The maximum absolute atomic E-state index is 13.4. The van der Waals surface area contributed by atoms with Gasteiger partial charge in [-0.15, -0.1) is 0 Å². The molecule has 3 aromatic rings. The number of carbonyl (C=O) groups excluding carboxylic acids is 2. The molecule has 1 fully saturated rings. The van der Waals surface area contributed by atoms with E-state index in [-0.39, 0.29) is 34.1 Å². The Balaban J connectivity index is 0.00000220. The molecule has 0 radical (unpaired) electrons. The second-order valence-electron chi connectivity index (χ2n) is 10.7. The molecule has 2 aliphatic rings. The van der Waals surface area contributed by atoms with Gasteiger partial charge in [0.25, 0.3) is 5.91 Å². The van der Waals surface area contributed by atoms with Gasteiger partial charge in [0.15, 0.2) is 11.5 Å². The lowest BCUT2D eigenvalue weighted by Crippen LogP contribution is -2.38. The molecule has 5 rings (SSSR count). The summed E-state index contributed by atoms with van der Waals surface area (Å²) in [6.45, 7) is 6.26. The van der Waals surface area contributed by atoms with Gasteiger partial charge >= 0.3 is 0 Å². The quantitative estimate of drug-likeness (QED) is 0.338. The van der Waals surface area contributed by atoms with Crippen molar-refractivity contribution in [2.24, 2.45) is 5.92 Å². The molecule has 0 unspecified atom stereocenters. The molecular weight excluding hydrogens is 480 g/mol. The summed E-state index contributed by atoms with van der Waals surface area (Å²) in [6.07, 6.45) is 2.29. The van der Waals surface area contributed by atoms with Gasteiger partial charge in [-0.25, -0.2) is 0 Å². The highest BCUT2D eigenvalue weighted by atomic mass is 16.7. The first kappa shape index (κ1) is 25.8. The average Bonchev–Trinajstić information content (AvgIpc) is 3.59. The van der Waals surface area contributed by atoms with Crippen molar-refractivity contribution in [1.29, 1.82) is 0 Å². The Morgan fingerprint density at radius 2 is 1.74 bits per heavy atom. The molecule has 7 heteroatoms. The van der Waals surface area contributed by atoms with Crippen LogP contribution < -0.4 is 20.1 Å². The maximum Gasteiger partial charge on any atom is 0.251 e. The first-order valence-electron chi connectivity index (χ1n) is 13.1. The van der Waals surface area contributed by atoms with E-state index in [1.807, 2.05) is 55.5 Å². The third-order valence-electron chi connectivity index (χ3n) is 7.37. The van der Waals surface area contributed by atoms with Crippen LogP contribution >= 0.6 is 0 Å². The van der Waals surface area contributed by atoms with Gasteiger partial charge in [0, 0.05) is 14.1 Å². The fraction of sp³-hybridized carbons (Fsp3) is 0.355. The number of aryl methyl sites for hydroxylation is 1. The number of aliphatic hydroxyl groups excluding tert-OH is 1. The van der Waals surface area contributed by atoms with Crippen LogP contribution in [0.25, 0.3) is 11.1 Å². The first-order valence-corrected chi connectivity index (χ1v) is 13.1. The minimum atomic E-state index is -0.553. The van der Waals surface area contributed by atoms with Crippen molar-refractivity contribution in [2.75, 3.05) is 18.7 Å². The predicted molar refractivity (Wildman–Crippen MR) is 151 cm³/mol. The van der Waals surface area contributed by atoms with Crippen LogP contribution in [0.15, 0.2) is 60.7 Å². The van der Waals surface area contributed by atoms with E-state index in [0.717, 1.165) is 40.8 Å². The monoisotopic (exact) mass is 518 g/mol. The van der Waals surface area contributed by atoms with Crippen LogP contribution in [0.1, 0.15) is 57.4 Å². The van der Waals surface area contributed by atoms with E-state index in [1.165, 1.54) is 0 Å². The summed E-state index contributed by atoms with van der Waals surface area (Å²) < 4.78 is 10.9. The van der Waals surface area contributed by atoms with Gasteiger partial charge < -0.3 is 25.2 Å². The van der Waals surface area contributed by atoms with E-state index in [9.17, 15) is 14.7 Å². The van der Waals surface area contributed by atoms with E-state index < -0.39 is 5.41 Å². The molecule has 7 nitrogen and oxygen atoms in total. The van der Waals surface area contributed by atoms with E-state index in [0.29, 0.717) is 29.4 Å². The number of aliphatic hydroxyl groups is 1. The lowest BCUT2D eigenvalue weighted by molar-refractivity contribution is -0.118. The zero-order valence-corrected chi connectivity index (χ0v) is 22.0. The van der Waals surface area contributed by atoms with E-state index in [1.54, 1.807) is 12.1 Å². The Bertz CT molecular complexity index is 1360. The summed E-state index contributed by atoms with van der Waals surface area (Å²) in [5.74, 6) is 1.53. The number of nitrogens with one attached hydrogen (secondary N) is 2. The summed E-state index contributed by atoms with van der Waals surface area (Å²) in [5, 5.41) is 15.6. The van der Waals surface area contributed by atoms with Gasteiger partial charge in [-0.3, -0.25) is 9.59 Å². The molecule has 202 valence electrons. The fourth-order valence-corrected chi connectivity index (χ4v) is 5.05. The second kappa shape index (κ2) is 10.5. The van der Waals surface area contributed by atoms with Crippen LogP contribution in [0.4, 0.5) is 5.69 Å². The molecule has 0 aromatic heterocycles. The number of hydrogen-bond acceptors (Lipinski definition) is 5. The van der Waals surface area contributed by atoms with Crippen molar-refractivity contribution in [3.05, 3.63) is 77.4 Å². The standard InChI is InChI=1S/C31H34N2O5.2H2/c1-19(2)14-25(17-34)32-29(35)22-7-5-21(6-8-22)26-16-24(10-4-20(26)3)33-30(36)31(12-13-31)23-9-11-27-28(15-23)38-18-37-27;;/h4-11,15-16,19,25,34H,12-14,17-18H2,1-3H3,(H,32,35)(H,33,36);2*1H/t25-;;/m0../s1. The van der Waals surface area contributed by atoms with Crippen LogP contribution in [-0.4, -0.2) is 36.4 Å². The molecule has 38 heavy (non-hydrogen) atoms. The summed E-state index contributed by atoms with van der Waals surface area (Å²) in [5.41, 5.74) is 4.65. The molecule has 0 spiro atoms. The Hall–Kier alpha value is -3.84. The van der Waals surface area contributed by atoms with E-state index >= 15 is 0 Å². The zero-order chi connectivity index (χ0) is 26.9. The van der Waals surface area contributed by atoms with Crippen molar-refractivity contribution in [3.63, 3.8) is 0 Å². The van der Waals surface area contributed by atoms with Crippen molar-refractivity contribution in [3.8, 4) is 22.6 Å². The molecule has 0 bridgehead atoms. The average molecular weight is 519 g/mol. The first-order chi connectivity index (χ1) is 18.3. The smallest absolute Gasteiger partial charge is 0.251 e. The summed E-state index contributed by atoms with van der Waals surface area (Å²) in [4.78, 5) is 26.1. The Kier molecular flexibility index (Phi) is 7.13. The molecule has 1 atom stereocenters. The van der Waals surface area contributed by atoms with Crippen LogP contribution in [0.5, 0.6) is 11.5 Å². The maximum atomic E-state index is 13.4. The van der Waals surface area contributed by atoms with Crippen molar-refractivity contribution in [1.82, 2.24) is 5.32 Å². The molecule has 2 amide bonds. The number of rotatable bonds is 9. The van der Waals surface area contributed by atoms with Crippen molar-refractivity contribution >= 4 is 17.5 Å². The fourth-order valence-electron chi connectivity index (χ4n) is 5.05. The number of benzene rings is 3.